The van der Waals surface area contributed by atoms with E-state index >= 15 is 0 Å². The molecular weight excluding hydrogens is 348 g/mol. The zero-order chi connectivity index (χ0) is 18.1. The Balaban J connectivity index is 1.67. The predicted molar refractivity (Wildman–Crippen MR) is 103 cm³/mol. The van der Waals surface area contributed by atoms with Crippen molar-refractivity contribution < 1.29 is 4.79 Å². The molecule has 0 saturated carbocycles. The highest BCUT2D eigenvalue weighted by atomic mass is 35.5. The molecule has 0 bridgehead atoms. The van der Waals surface area contributed by atoms with Gasteiger partial charge in [0.15, 0.2) is 5.65 Å². The number of aromatic nitrogens is 3. The average Bonchev–Trinajstić information content (AvgIpc) is 2.99. The van der Waals surface area contributed by atoms with E-state index in [0.717, 1.165) is 22.4 Å². The fourth-order valence-electron chi connectivity index (χ4n) is 2.77. The van der Waals surface area contributed by atoms with Crippen molar-refractivity contribution in [3.05, 3.63) is 83.1 Å². The molecule has 1 amide bonds. The summed E-state index contributed by atoms with van der Waals surface area (Å²) in [7, 11) is 0. The van der Waals surface area contributed by atoms with Crippen LogP contribution in [0.25, 0.3) is 16.7 Å². The van der Waals surface area contributed by atoms with Crippen LogP contribution in [0, 0.1) is 6.92 Å². The summed E-state index contributed by atoms with van der Waals surface area (Å²) in [5, 5.41) is 8.92. The maximum Gasteiger partial charge on any atom is 0.255 e. The van der Waals surface area contributed by atoms with Crippen LogP contribution in [0.4, 0.5) is 5.69 Å². The summed E-state index contributed by atoms with van der Waals surface area (Å²) in [6.07, 6.45) is 1.64. The molecule has 0 aliphatic rings. The van der Waals surface area contributed by atoms with Crippen molar-refractivity contribution in [2.24, 2.45) is 0 Å². The molecule has 0 aliphatic carbocycles. The Morgan fingerprint density at radius 3 is 2.54 bits per heavy atom. The molecule has 5 nitrogen and oxygen atoms in total. The quantitative estimate of drug-likeness (QED) is 0.577. The molecule has 0 saturated heterocycles. The second kappa shape index (κ2) is 6.61. The summed E-state index contributed by atoms with van der Waals surface area (Å²) < 4.78 is 1.80. The lowest BCUT2D eigenvalue weighted by Gasteiger charge is -2.06. The fourth-order valence-corrected chi connectivity index (χ4v) is 2.89. The average molecular weight is 363 g/mol. The highest BCUT2D eigenvalue weighted by Gasteiger charge is 2.12. The lowest BCUT2D eigenvalue weighted by Crippen LogP contribution is -2.11. The second-order valence-corrected chi connectivity index (χ2v) is 6.33. The van der Waals surface area contributed by atoms with Crippen LogP contribution >= 0.6 is 11.6 Å². The number of anilines is 1. The number of para-hydroxylation sites is 1. The Hall–Kier alpha value is -3.18. The number of fused-ring (bicyclic) bond motifs is 1. The summed E-state index contributed by atoms with van der Waals surface area (Å²) in [5.74, 6) is -0.212. The molecule has 2 aromatic carbocycles. The van der Waals surface area contributed by atoms with Crippen LogP contribution in [0.5, 0.6) is 0 Å². The number of hydrogen-bond donors (Lipinski definition) is 1. The summed E-state index contributed by atoms with van der Waals surface area (Å²) in [6.45, 7) is 1.92. The van der Waals surface area contributed by atoms with Gasteiger partial charge >= 0.3 is 0 Å². The van der Waals surface area contributed by atoms with Gasteiger partial charge in [-0.25, -0.2) is 9.67 Å². The monoisotopic (exact) mass is 362 g/mol. The fraction of sp³-hybridized carbons (Fsp3) is 0.0500. The van der Waals surface area contributed by atoms with Crippen molar-refractivity contribution in [3.8, 4) is 5.69 Å². The van der Waals surface area contributed by atoms with Gasteiger partial charge in [0, 0.05) is 16.0 Å². The third kappa shape index (κ3) is 3.05. The standard InChI is InChI=1S/C20H15ClN4O/c1-13-18-11-16(23-20(26)14-7-9-15(21)10-8-14)12-22-19(18)25(24-13)17-5-3-2-4-6-17/h2-12H,1H3,(H,23,26). The van der Waals surface area contributed by atoms with Gasteiger partial charge in [0.25, 0.3) is 5.91 Å². The van der Waals surface area contributed by atoms with Crippen LogP contribution in [-0.4, -0.2) is 20.7 Å². The van der Waals surface area contributed by atoms with Gasteiger partial charge in [-0.1, -0.05) is 29.8 Å². The summed E-state index contributed by atoms with van der Waals surface area (Å²) in [4.78, 5) is 16.9. The molecule has 0 aliphatic heterocycles. The number of carbonyl (C=O) groups is 1. The van der Waals surface area contributed by atoms with Crippen LogP contribution in [0.1, 0.15) is 16.1 Å². The minimum Gasteiger partial charge on any atom is -0.321 e. The third-order valence-electron chi connectivity index (χ3n) is 4.07. The van der Waals surface area contributed by atoms with Crippen molar-refractivity contribution in [1.29, 1.82) is 0 Å². The van der Waals surface area contributed by atoms with E-state index in [1.165, 1.54) is 0 Å². The minimum absolute atomic E-state index is 0.212. The SMILES string of the molecule is Cc1nn(-c2ccccc2)c2ncc(NC(=O)c3ccc(Cl)cc3)cc12. The van der Waals surface area contributed by atoms with E-state index in [0.29, 0.717) is 16.3 Å². The number of nitrogens with one attached hydrogen (secondary N) is 1. The molecule has 1 N–H and O–H groups in total. The number of amides is 1. The molecular formula is C20H15ClN4O. The number of aryl methyl sites for hydroxylation is 1. The first kappa shape index (κ1) is 16.3. The molecule has 26 heavy (non-hydrogen) atoms. The Bertz CT molecular complexity index is 1090. The molecule has 0 spiro atoms. The second-order valence-electron chi connectivity index (χ2n) is 5.89. The van der Waals surface area contributed by atoms with E-state index < -0.39 is 0 Å². The topological polar surface area (TPSA) is 59.8 Å². The Kier molecular flexibility index (Phi) is 4.14. The normalized spacial score (nSPS) is 10.8. The largest absolute Gasteiger partial charge is 0.321 e. The number of benzene rings is 2. The van der Waals surface area contributed by atoms with E-state index in [9.17, 15) is 4.79 Å². The molecule has 2 aromatic heterocycles. The number of nitrogens with zero attached hydrogens (tertiary/aromatic N) is 3. The number of hydrogen-bond acceptors (Lipinski definition) is 3. The number of halogens is 1. The summed E-state index contributed by atoms with van der Waals surface area (Å²) in [5.41, 5.74) is 3.69. The highest BCUT2D eigenvalue weighted by molar-refractivity contribution is 6.30. The molecule has 2 heterocycles. The van der Waals surface area contributed by atoms with E-state index in [4.69, 9.17) is 11.6 Å². The molecule has 4 aromatic rings. The van der Waals surface area contributed by atoms with Crippen molar-refractivity contribution in [2.45, 2.75) is 6.92 Å². The van der Waals surface area contributed by atoms with Gasteiger partial charge < -0.3 is 5.32 Å². The molecule has 0 fully saturated rings. The van der Waals surface area contributed by atoms with Gasteiger partial charge in [-0.05, 0) is 49.4 Å². The maximum atomic E-state index is 12.4. The molecule has 128 valence electrons. The Morgan fingerprint density at radius 1 is 1.08 bits per heavy atom. The number of rotatable bonds is 3. The van der Waals surface area contributed by atoms with E-state index in [2.05, 4.69) is 15.4 Å². The predicted octanol–water partition coefficient (Wildman–Crippen LogP) is 4.63. The lowest BCUT2D eigenvalue weighted by atomic mass is 10.2. The van der Waals surface area contributed by atoms with Crippen molar-refractivity contribution in [2.75, 3.05) is 5.32 Å². The van der Waals surface area contributed by atoms with Gasteiger partial charge in [0.2, 0.25) is 0 Å². The molecule has 0 atom stereocenters. The highest BCUT2D eigenvalue weighted by Crippen LogP contribution is 2.23. The van der Waals surface area contributed by atoms with Crippen molar-refractivity contribution in [1.82, 2.24) is 14.8 Å². The van der Waals surface area contributed by atoms with Gasteiger partial charge in [-0.15, -0.1) is 0 Å². The first-order valence-electron chi connectivity index (χ1n) is 8.09. The van der Waals surface area contributed by atoms with Crippen LogP contribution < -0.4 is 5.32 Å². The van der Waals surface area contributed by atoms with E-state index in [1.807, 2.05) is 43.3 Å². The van der Waals surface area contributed by atoms with Gasteiger partial charge in [-0.2, -0.15) is 5.10 Å². The third-order valence-corrected chi connectivity index (χ3v) is 4.32. The van der Waals surface area contributed by atoms with Gasteiger partial charge in [-0.3, -0.25) is 4.79 Å². The van der Waals surface area contributed by atoms with E-state index in [-0.39, 0.29) is 5.91 Å². The lowest BCUT2D eigenvalue weighted by molar-refractivity contribution is 0.102. The molecule has 0 unspecified atom stereocenters. The Labute approximate surface area is 155 Å². The summed E-state index contributed by atoms with van der Waals surface area (Å²) in [6, 6.07) is 18.5. The first-order valence-corrected chi connectivity index (χ1v) is 8.47. The first-order chi connectivity index (χ1) is 12.6. The molecule has 6 heteroatoms. The van der Waals surface area contributed by atoms with Crippen LogP contribution in [0.3, 0.4) is 0 Å². The van der Waals surface area contributed by atoms with Crippen molar-refractivity contribution in [3.63, 3.8) is 0 Å². The minimum atomic E-state index is -0.212. The zero-order valence-corrected chi connectivity index (χ0v) is 14.7. The number of carbonyl (C=O) groups excluding carboxylic acids is 1. The zero-order valence-electron chi connectivity index (χ0n) is 14.0. The van der Waals surface area contributed by atoms with Crippen LogP contribution in [-0.2, 0) is 0 Å². The van der Waals surface area contributed by atoms with Gasteiger partial charge in [0.1, 0.15) is 0 Å². The Morgan fingerprint density at radius 2 is 1.81 bits per heavy atom. The molecule has 4 rings (SSSR count). The van der Waals surface area contributed by atoms with Crippen LogP contribution in [0.15, 0.2) is 66.9 Å². The smallest absolute Gasteiger partial charge is 0.255 e. The van der Waals surface area contributed by atoms with Gasteiger partial charge in [0.05, 0.1) is 23.3 Å². The number of pyridine rings is 1. The van der Waals surface area contributed by atoms with E-state index in [1.54, 1.807) is 35.1 Å². The van der Waals surface area contributed by atoms with Crippen LogP contribution in [0.2, 0.25) is 5.02 Å². The van der Waals surface area contributed by atoms with Crippen molar-refractivity contribution >= 4 is 34.2 Å². The maximum absolute atomic E-state index is 12.4. The molecule has 0 radical (unpaired) electrons. The summed E-state index contributed by atoms with van der Waals surface area (Å²) >= 11 is 5.86.